The summed E-state index contributed by atoms with van der Waals surface area (Å²) >= 11 is 0. The van der Waals surface area contributed by atoms with E-state index in [1.165, 1.54) is 0 Å². The first-order chi connectivity index (χ1) is 9.19. The highest BCUT2D eigenvalue weighted by Gasteiger charge is 2.35. The van der Waals surface area contributed by atoms with Crippen molar-refractivity contribution in [2.45, 2.75) is 38.9 Å². The third-order valence-corrected chi connectivity index (χ3v) is 3.85. The molecule has 2 rings (SSSR count). The number of anilines is 1. The van der Waals surface area contributed by atoms with Gasteiger partial charge in [-0.3, -0.25) is 0 Å². The van der Waals surface area contributed by atoms with E-state index in [0.29, 0.717) is 0 Å². The van der Waals surface area contributed by atoms with Gasteiger partial charge in [-0.2, -0.15) is 0 Å². The molecule has 0 unspecified atom stereocenters. The Balaban J connectivity index is 2.17. The Morgan fingerprint density at radius 2 is 1.60 bits per heavy atom. The number of nitrogens with two attached hydrogens (primary N) is 1. The molecule has 4 heteroatoms. The van der Waals surface area contributed by atoms with E-state index in [0.717, 1.165) is 21.9 Å². The summed E-state index contributed by atoms with van der Waals surface area (Å²) in [5.74, 6) is 0. The topological polar surface area (TPSA) is 55.5 Å². The lowest BCUT2D eigenvalue weighted by molar-refractivity contribution is -0.0893. The fourth-order valence-corrected chi connectivity index (χ4v) is 1.72. The summed E-state index contributed by atoms with van der Waals surface area (Å²) < 4.78 is 5.75. The maximum absolute atomic E-state index is 10.1. The van der Waals surface area contributed by atoms with E-state index in [-0.39, 0.29) is 0 Å². The van der Waals surface area contributed by atoms with E-state index in [2.05, 4.69) is 0 Å². The molecule has 105 valence electrons. The van der Waals surface area contributed by atoms with Crippen LogP contribution in [0.25, 0.3) is 10.8 Å². The van der Waals surface area contributed by atoms with E-state index >= 15 is 0 Å². The van der Waals surface area contributed by atoms with Gasteiger partial charge in [-0.05, 0) is 50.6 Å². The highest BCUT2D eigenvalue weighted by atomic mass is 16.5. The first-order valence-electron chi connectivity index (χ1n) is 6.72. The third-order valence-electron chi connectivity index (χ3n) is 3.85. The summed E-state index contributed by atoms with van der Waals surface area (Å²) in [6.07, 6.45) is 0. The predicted molar refractivity (Wildman–Crippen MR) is 85.2 cm³/mol. The van der Waals surface area contributed by atoms with Gasteiger partial charge in [0.15, 0.2) is 0 Å². The average molecular weight is 270 g/mol. The molecule has 1 radical (unpaired) electrons. The minimum atomic E-state index is -0.922. The summed E-state index contributed by atoms with van der Waals surface area (Å²) in [7, 11) is 1.69. The van der Waals surface area contributed by atoms with Crippen molar-refractivity contribution in [1.82, 2.24) is 0 Å². The summed E-state index contributed by atoms with van der Waals surface area (Å²) in [6.45, 7) is 7.21. The predicted octanol–water partition coefficient (Wildman–Crippen LogP) is 2.23. The van der Waals surface area contributed by atoms with Crippen molar-refractivity contribution in [2.24, 2.45) is 0 Å². The molecular weight excluding hydrogens is 249 g/mol. The van der Waals surface area contributed by atoms with E-state index in [1.807, 2.05) is 50.2 Å². The summed E-state index contributed by atoms with van der Waals surface area (Å²) in [5, 5.41) is 12.3. The van der Waals surface area contributed by atoms with Crippen molar-refractivity contribution in [2.75, 3.05) is 5.73 Å². The van der Waals surface area contributed by atoms with Crippen LogP contribution in [-0.4, -0.2) is 23.8 Å². The van der Waals surface area contributed by atoms with Crippen LogP contribution in [0.3, 0.4) is 0 Å². The van der Waals surface area contributed by atoms with Crippen LogP contribution in [0.5, 0.6) is 0 Å². The molecule has 0 aliphatic carbocycles. The quantitative estimate of drug-likeness (QED) is 0.661. The Labute approximate surface area is 121 Å². The minimum Gasteiger partial charge on any atom is -0.427 e. The second-order valence-electron chi connectivity index (χ2n) is 6.17. The second kappa shape index (κ2) is 5.11. The summed E-state index contributed by atoms with van der Waals surface area (Å²) in [6, 6.07) is 11.8. The van der Waals surface area contributed by atoms with E-state index < -0.39 is 11.2 Å². The molecule has 0 aromatic heterocycles. The van der Waals surface area contributed by atoms with Crippen LogP contribution >= 0.6 is 0 Å². The van der Waals surface area contributed by atoms with Crippen molar-refractivity contribution in [3.8, 4) is 0 Å². The van der Waals surface area contributed by atoms with Crippen LogP contribution in [0.1, 0.15) is 27.7 Å². The smallest absolute Gasteiger partial charge is 0.330 e. The largest absolute Gasteiger partial charge is 0.427 e. The lowest BCUT2D eigenvalue weighted by Crippen LogP contribution is -2.49. The number of nitrogen functional groups attached to an aromatic ring is 1. The highest BCUT2D eigenvalue weighted by molar-refractivity contribution is 6.47. The average Bonchev–Trinajstić information content (AvgIpc) is 2.35. The minimum absolute atomic E-state index is 0.664. The van der Waals surface area contributed by atoms with Crippen LogP contribution in [0.15, 0.2) is 36.4 Å². The zero-order chi connectivity index (χ0) is 15.0. The fraction of sp³-hybridized carbons (Fsp3) is 0.375. The summed E-state index contributed by atoms with van der Waals surface area (Å²) in [5.41, 5.74) is 5.90. The van der Waals surface area contributed by atoms with Crippen molar-refractivity contribution in [1.29, 1.82) is 0 Å². The van der Waals surface area contributed by atoms with Gasteiger partial charge >= 0.3 is 7.48 Å². The molecule has 3 N–H and O–H groups in total. The highest BCUT2D eigenvalue weighted by Crippen LogP contribution is 2.24. The number of fused-ring (bicyclic) bond motifs is 1. The van der Waals surface area contributed by atoms with Gasteiger partial charge in [-0.15, -0.1) is 0 Å². The summed E-state index contributed by atoms with van der Waals surface area (Å²) in [4.78, 5) is 0. The number of aliphatic hydroxyl groups is 1. The Morgan fingerprint density at radius 1 is 1.00 bits per heavy atom. The van der Waals surface area contributed by atoms with Gasteiger partial charge < -0.3 is 15.5 Å². The lowest BCUT2D eigenvalue weighted by atomic mass is 9.82. The number of hydrogen-bond donors (Lipinski definition) is 2. The van der Waals surface area contributed by atoms with Crippen LogP contribution in [-0.2, 0) is 4.65 Å². The normalized spacial score (nSPS) is 12.7. The molecule has 2 aromatic rings. The molecule has 3 nitrogen and oxygen atoms in total. The Kier molecular flexibility index (Phi) is 3.81. The molecule has 0 spiro atoms. The van der Waals surface area contributed by atoms with Crippen LogP contribution in [0.4, 0.5) is 5.69 Å². The molecule has 0 aliphatic heterocycles. The number of benzene rings is 2. The van der Waals surface area contributed by atoms with Gasteiger partial charge in [0.2, 0.25) is 0 Å². The van der Waals surface area contributed by atoms with Crippen LogP contribution < -0.4 is 11.2 Å². The Hall–Kier alpha value is -1.52. The molecule has 0 amide bonds. The van der Waals surface area contributed by atoms with E-state index in [4.69, 9.17) is 10.4 Å². The SMILES string of the molecule is CC(C)(O)C(C)(C)O[B]c1ccc2cc(N)ccc2c1. The molecule has 0 saturated carbocycles. The Morgan fingerprint density at radius 3 is 2.25 bits per heavy atom. The fourth-order valence-electron chi connectivity index (χ4n) is 1.72. The first kappa shape index (κ1) is 14.9. The molecule has 0 atom stereocenters. The van der Waals surface area contributed by atoms with Gasteiger partial charge in [-0.25, -0.2) is 0 Å². The Bertz CT molecular complexity index is 617. The molecule has 0 saturated heterocycles. The van der Waals surface area contributed by atoms with Crippen molar-refractivity contribution >= 4 is 29.4 Å². The van der Waals surface area contributed by atoms with Crippen LogP contribution in [0, 0.1) is 0 Å². The molecular formula is C16H21BNO2. The van der Waals surface area contributed by atoms with Gasteiger partial charge in [0.05, 0.1) is 11.2 Å². The first-order valence-corrected chi connectivity index (χ1v) is 6.72. The molecule has 20 heavy (non-hydrogen) atoms. The van der Waals surface area contributed by atoms with Crippen molar-refractivity contribution < 1.29 is 9.76 Å². The maximum atomic E-state index is 10.1. The van der Waals surface area contributed by atoms with Crippen molar-refractivity contribution in [3.05, 3.63) is 36.4 Å². The van der Waals surface area contributed by atoms with E-state index in [9.17, 15) is 5.11 Å². The maximum Gasteiger partial charge on any atom is 0.330 e. The van der Waals surface area contributed by atoms with Gasteiger partial charge in [0.1, 0.15) is 0 Å². The van der Waals surface area contributed by atoms with Gasteiger partial charge in [0, 0.05) is 5.69 Å². The van der Waals surface area contributed by atoms with Crippen LogP contribution in [0.2, 0.25) is 0 Å². The second-order valence-corrected chi connectivity index (χ2v) is 6.17. The molecule has 0 aliphatic rings. The molecule has 2 aromatic carbocycles. The molecule has 0 bridgehead atoms. The number of rotatable bonds is 4. The number of hydrogen-bond acceptors (Lipinski definition) is 3. The lowest BCUT2D eigenvalue weighted by Gasteiger charge is -2.37. The van der Waals surface area contributed by atoms with Gasteiger partial charge in [-0.1, -0.05) is 29.7 Å². The third kappa shape index (κ3) is 3.14. The van der Waals surface area contributed by atoms with Crippen molar-refractivity contribution in [3.63, 3.8) is 0 Å². The van der Waals surface area contributed by atoms with E-state index in [1.54, 1.807) is 21.3 Å². The molecule has 0 heterocycles. The zero-order valence-corrected chi connectivity index (χ0v) is 12.5. The zero-order valence-electron chi connectivity index (χ0n) is 12.5. The monoisotopic (exact) mass is 270 g/mol. The molecule has 0 fully saturated rings. The van der Waals surface area contributed by atoms with Gasteiger partial charge in [0.25, 0.3) is 0 Å². The standard InChI is InChI=1S/C16H21BNO2/c1-15(2,19)16(3,4)20-17-13-7-5-12-10-14(18)8-6-11(12)9-13/h5-10,19H,18H2,1-4H3.